The lowest BCUT2D eigenvalue weighted by molar-refractivity contribution is -0.136. The highest BCUT2D eigenvalue weighted by molar-refractivity contribution is 6.32. The molecule has 26 heavy (non-hydrogen) atoms. The number of benzene rings is 2. The Balaban J connectivity index is 2.16. The van der Waals surface area contributed by atoms with Crippen LogP contribution in [0.15, 0.2) is 36.4 Å². The van der Waals surface area contributed by atoms with Gasteiger partial charge in [0.2, 0.25) is 0 Å². The molecule has 0 fully saturated rings. The number of hydrogen-bond donors (Lipinski definition) is 1. The minimum absolute atomic E-state index is 0.0759. The summed E-state index contributed by atoms with van der Waals surface area (Å²) >= 11 is 6.29. The van der Waals surface area contributed by atoms with Crippen LogP contribution in [0.4, 0.5) is 0 Å². The largest absolute Gasteiger partial charge is 0.495 e. The van der Waals surface area contributed by atoms with Crippen LogP contribution in [0.5, 0.6) is 5.75 Å². The molecule has 2 aromatic carbocycles. The molecular weight excluding hydrogens is 352 g/mol. The van der Waals surface area contributed by atoms with Crippen LogP contribution >= 0.6 is 11.6 Å². The standard InChI is InChI=1S/C20H17ClN2O3/c1-12-15(8-20(24)25)16-7-19(26-2)17(21)9-18(16)23(12)11-14-5-3-13(10-22)4-6-14/h3-7,9H,8,11H2,1-2H3,(H,24,25). The van der Waals surface area contributed by atoms with Crippen LogP contribution < -0.4 is 4.74 Å². The molecule has 1 heterocycles. The Morgan fingerprint density at radius 3 is 2.58 bits per heavy atom. The summed E-state index contributed by atoms with van der Waals surface area (Å²) in [5.41, 5.74) is 4.08. The molecule has 0 amide bonds. The van der Waals surface area contributed by atoms with Gasteiger partial charge in [-0.15, -0.1) is 0 Å². The van der Waals surface area contributed by atoms with Crippen LogP contribution in [0.1, 0.15) is 22.4 Å². The maximum absolute atomic E-state index is 11.3. The topological polar surface area (TPSA) is 75.2 Å². The molecule has 1 aromatic heterocycles. The Kier molecular flexibility index (Phi) is 4.88. The smallest absolute Gasteiger partial charge is 0.307 e. The molecule has 0 unspecified atom stereocenters. The van der Waals surface area contributed by atoms with Crippen molar-refractivity contribution in [1.29, 1.82) is 5.26 Å². The number of rotatable bonds is 5. The molecule has 0 atom stereocenters. The van der Waals surface area contributed by atoms with Crippen LogP contribution in [-0.2, 0) is 17.8 Å². The summed E-state index contributed by atoms with van der Waals surface area (Å²) in [4.78, 5) is 11.3. The van der Waals surface area contributed by atoms with Crippen molar-refractivity contribution in [3.63, 3.8) is 0 Å². The van der Waals surface area contributed by atoms with Gasteiger partial charge in [0, 0.05) is 17.6 Å². The fourth-order valence-corrected chi connectivity index (χ4v) is 3.38. The van der Waals surface area contributed by atoms with Gasteiger partial charge in [-0.3, -0.25) is 4.79 Å². The van der Waals surface area contributed by atoms with Crippen molar-refractivity contribution in [2.24, 2.45) is 0 Å². The van der Waals surface area contributed by atoms with Gasteiger partial charge >= 0.3 is 5.97 Å². The lowest BCUT2D eigenvalue weighted by Crippen LogP contribution is -2.05. The third-order valence-electron chi connectivity index (χ3n) is 4.48. The first-order valence-corrected chi connectivity index (χ1v) is 8.38. The molecule has 3 aromatic rings. The Morgan fingerprint density at radius 1 is 1.31 bits per heavy atom. The van der Waals surface area contributed by atoms with E-state index in [0.29, 0.717) is 22.9 Å². The van der Waals surface area contributed by atoms with E-state index in [1.165, 1.54) is 7.11 Å². The monoisotopic (exact) mass is 368 g/mol. The average molecular weight is 369 g/mol. The number of nitriles is 1. The van der Waals surface area contributed by atoms with E-state index < -0.39 is 5.97 Å². The Hall–Kier alpha value is -2.97. The summed E-state index contributed by atoms with van der Waals surface area (Å²) in [7, 11) is 1.53. The number of carboxylic acids is 1. The highest BCUT2D eigenvalue weighted by Crippen LogP contribution is 2.35. The van der Waals surface area contributed by atoms with Gasteiger partial charge in [0.1, 0.15) is 5.75 Å². The zero-order valence-electron chi connectivity index (χ0n) is 14.4. The van der Waals surface area contributed by atoms with Crippen molar-refractivity contribution in [1.82, 2.24) is 4.57 Å². The van der Waals surface area contributed by atoms with E-state index in [2.05, 4.69) is 6.07 Å². The number of hydrogen-bond acceptors (Lipinski definition) is 3. The van der Waals surface area contributed by atoms with Crippen molar-refractivity contribution in [2.75, 3.05) is 7.11 Å². The Morgan fingerprint density at radius 2 is 2.00 bits per heavy atom. The number of carbonyl (C=O) groups is 1. The number of methoxy groups -OCH3 is 1. The predicted octanol–water partition coefficient (Wildman–Crippen LogP) is 4.16. The molecule has 0 aliphatic heterocycles. The zero-order valence-corrected chi connectivity index (χ0v) is 15.2. The molecule has 5 nitrogen and oxygen atoms in total. The van der Waals surface area contributed by atoms with Crippen LogP contribution in [0.3, 0.4) is 0 Å². The van der Waals surface area contributed by atoms with Crippen molar-refractivity contribution >= 4 is 28.5 Å². The van der Waals surface area contributed by atoms with Gasteiger partial charge in [-0.25, -0.2) is 0 Å². The molecule has 0 saturated carbocycles. The van der Waals surface area contributed by atoms with Gasteiger partial charge in [0.25, 0.3) is 0 Å². The van der Waals surface area contributed by atoms with Gasteiger partial charge in [0.15, 0.2) is 0 Å². The molecular formula is C20H17ClN2O3. The van der Waals surface area contributed by atoms with Crippen LogP contribution in [0.2, 0.25) is 5.02 Å². The fraction of sp³-hybridized carbons (Fsp3) is 0.200. The SMILES string of the molecule is COc1cc2c(CC(=O)O)c(C)n(Cc3ccc(C#N)cc3)c2cc1Cl. The van der Waals surface area contributed by atoms with Gasteiger partial charge in [0.05, 0.1) is 35.7 Å². The summed E-state index contributed by atoms with van der Waals surface area (Å²) in [5, 5.41) is 19.5. The second kappa shape index (κ2) is 7.11. The maximum atomic E-state index is 11.3. The number of aromatic nitrogens is 1. The maximum Gasteiger partial charge on any atom is 0.307 e. The lowest BCUT2D eigenvalue weighted by Gasteiger charge is -2.10. The summed E-state index contributed by atoms with van der Waals surface area (Å²) < 4.78 is 7.33. The molecule has 0 bridgehead atoms. The predicted molar refractivity (Wildman–Crippen MR) is 99.8 cm³/mol. The number of carboxylic acid groups (broad SMARTS) is 1. The van der Waals surface area contributed by atoms with E-state index >= 15 is 0 Å². The van der Waals surface area contributed by atoms with Crippen molar-refractivity contribution in [2.45, 2.75) is 19.9 Å². The summed E-state index contributed by atoms with van der Waals surface area (Å²) in [6.07, 6.45) is -0.0759. The quantitative estimate of drug-likeness (QED) is 0.733. The second-order valence-corrected chi connectivity index (χ2v) is 6.44. The summed E-state index contributed by atoms with van der Waals surface area (Å²) in [6, 6.07) is 13.0. The van der Waals surface area contributed by atoms with E-state index in [4.69, 9.17) is 21.6 Å². The minimum atomic E-state index is -0.889. The van der Waals surface area contributed by atoms with Gasteiger partial charge in [-0.1, -0.05) is 23.7 Å². The van der Waals surface area contributed by atoms with E-state index in [1.54, 1.807) is 24.3 Å². The lowest BCUT2D eigenvalue weighted by atomic mass is 10.1. The molecule has 0 radical (unpaired) electrons. The van der Waals surface area contributed by atoms with Crippen LogP contribution in [0.25, 0.3) is 10.9 Å². The number of nitrogens with zero attached hydrogens (tertiary/aromatic N) is 2. The van der Waals surface area contributed by atoms with Crippen LogP contribution in [0, 0.1) is 18.3 Å². The Labute approximate surface area is 156 Å². The van der Waals surface area contributed by atoms with E-state index in [1.807, 2.05) is 23.6 Å². The van der Waals surface area contributed by atoms with Gasteiger partial charge in [-0.2, -0.15) is 5.26 Å². The fourth-order valence-electron chi connectivity index (χ4n) is 3.15. The van der Waals surface area contributed by atoms with Gasteiger partial charge < -0.3 is 14.4 Å². The minimum Gasteiger partial charge on any atom is -0.495 e. The van der Waals surface area contributed by atoms with E-state index in [-0.39, 0.29) is 6.42 Å². The number of halogens is 1. The normalized spacial score (nSPS) is 10.7. The number of ether oxygens (including phenoxy) is 1. The molecule has 0 aliphatic carbocycles. The number of fused-ring (bicyclic) bond motifs is 1. The first-order valence-electron chi connectivity index (χ1n) is 8.00. The third-order valence-corrected chi connectivity index (χ3v) is 4.77. The number of aliphatic carboxylic acids is 1. The summed E-state index contributed by atoms with van der Waals surface area (Å²) in [5.74, 6) is -0.374. The highest BCUT2D eigenvalue weighted by atomic mass is 35.5. The van der Waals surface area contributed by atoms with Crippen molar-refractivity contribution in [3.8, 4) is 11.8 Å². The highest BCUT2D eigenvalue weighted by Gasteiger charge is 2.19. The first kappa shape index (κ1) is 17.8. The molecule has 1 N–H and O–H groups in total. The van der Waals surface area contributed by atoms with Gasteiger partial charge in [-0.05, 0) is 42.3 Å². The molecule has 6 heteroatoms. The molecule has 3 rings (SSSR count). The molecule has 0 aliphatic rings. The summed E-state index contributed by atoms with van der Waals surface area (Å²) in [6.45, 7) is 2.46. The molecule has 0 saturated heterocycles. The third kappa shape index (κ3) is 3.24. The molecule has 132 valence electrons. The van der Waals surface area contributed by atoms with Crippen LogP contribution in [-0.4, -0.2) is 22.8 Å². The second-order valence-electron chi connectivity index (χ2n) is 6.03. The van der Waals surface area contributed by atoms with E-state index in [0.717, 1.165) is 27.7 Å². The van der Waals surface area contributed by atoms with Crippen molar-refractivity contribution < 1.29 is 14.6 Å². The van der Waals surface area contributed by atoms with E-state index in [9.17, 15) is 9.90 Å². The zero-order chi connectivity index (χ0) is 18.8. The average Bonchev–Trinajstić information content (AvgIpc) is 2.86. The molecule has 0 spiro atoms. The Bertz CT molecular complexity index is 1030. The first-order chi connectivity index (χ1) is 12.4. The van der Waals surface area contributed by atoms with Crippen molar-refractivity contribution in [3.05, 3.63) is 63.8 Å².